The van der Waals surface area contributed by atoms with Crippen molar-refractivity contribution in [3.63, 3.8) is 0 Å². The first-order chi connectivity index (χ1) is 10.6. The highest BCUT2D eigenvalue weighted by Gasteiger charge is 2.02. The van der Waals surface area contributed by atoms with Gasteiger partial charge < -0.3 is 15.5 Å². The van der Waals surface area contributed by atoms with Crippen LogP contribution in [0.4, 0.5) is 0 Å². The Bertz CT molecular complexity index is 416. The lowest BCUT2D eigenvalue weighted by molar-refractivity contribution is 0.268. The van der Waals surface area contributed by atoms with Crippen molar-refractivity contribution < 1.29 is 0 Å². The number of rotatable bonds is 9. The van der Waals surface area contributed by atoms with Gasteiger partial charge >= 0.3 is 0 Å². The minimum absolute atomic E-state index is 0.603. The third-order valence-corrected chi connectivity index (χ3v) is 3.58. The van der Waals surface area contributed by atoms with Crippen molar-refractivity contribution in [3.8, 4) is 0 Å². The van der Waals surface area contributed by atoms with Crippen molar-refractivity contribution in [3.05, 3.63) is 30.1 Å². The largest absolute Gasteiger partial charge is 0.357 e. The molecule has 0 saturated heterocycles. The fourth-order valence-electron chi connectivity index (χ4n) is 1.94. The van der Waals surface area contributed by atoms with E-state index in [2.05, 4.69) is 53.3 Å². The van der Waals surface area contributed by atoms with Gasteiger partial charge in [0.2, 0.25) is 0 Å². The van der Waals surface area contributed by atoms with Crippen LogP contribution in [0.5, 0.6) is 0 Å². The number of hydrogen-bond donors (Lipinski definition) is 2. The quantitative estimate of drug-likeness (QED) is 0.417. The Balaban J connectivity index is 2.29. The number of pyridine rings is 1. The lowest BCUT2D eigenvalue weighted by Gasteiger charge is -2.20. The Morgan fingerprint density at radius 2 is 2.09 bits per heavy atom. The van der Waals surface area contributed by atoms with Crippen LogP contribution in [0.1, 0.15) is 39.3 Å². The molecule has 0 unspecified atom stereocenters. The van der Waals surface area contributed by atoms with E-state index in [1.54, 1.807) is 6.20 Å². The second-order valence-corrected chi connectivity index (χ2v) is 5.72. The first kappa shape index (κ1) is 18.4. The molecule has 0 radical (unpaired) electrons. The SMILES string of the molecule is CCNC(=NCc1ccccn1)NCCCCN(C)C(C)C. The lowest BCUT2D eigenvalue weighted by Crippen LogP contribution is -2.38. The minimum atomic E-state index is 0.603. The van der Waals surface area contributed by atoms with E-state index in [-0.39, 0.29) is 0 Å². The minimum Gasteiger partial charge on any atom is -0.357 e. The highest BCUT2D eigenvalue weighted by molar-refractivity contribution is 5.79. The van der Waals surface area contributed by atoms with E-state index >= 15 is 0 Å². The van der Waals surface area contributed by atoms with Crippen LogP contribution >= 0.6 is 0 Å². The van der Waals surface area contributed by atoms with E-state index in [1.807, 2.05) is 18.2 Å². The summed E-state index contributed by atoms with van der Waals surface area (Å²) in [6.07, 6.45) is 4.14. The predicted octanol–water partition coefficient (Wildman–Crippen LogP) is 2.26. The van der Waals surface area contributed by atoms with Gasteiger partial charge in [-0.2, -0.15) is 0 Å². The second kappa shape index (κ2) is 11.0. The van der Waals surface area contributed by atoms with Gasteiger partial charge in [-0.1, -0.05) is 6.07 Å². The standard InChI is InChI=1S/C17H31N5/c1-5-18-17(21-14-16-10-6-7-11-19-16)20-12-8-9-13-22(4)15(2)3/h6-7,10-11,15H,5,8-9,12-14H2,1-4H3,(H2,18,20,21). The normalized spacial score (nSPS) is 12.0. The molecule has 0 spiro atoms. The average molecular weight is 305 g/mol. The predicted molar refractivity (Wildman–Crippen MR) is 94.1 cm³/mol. The summed E-state index contributed by atoms with van der Waals surface area (Å²) in [7, 11) is 2.18. The number of guanidine groups is 1. The number of nitrogens with one attached hydrogen (secondary N) is 2. The first-order valence-corrected chi connectivity index (χ1v) is 8.25. The molecule has 0 amide bonds. The summed E-state index contributed by atoms with van der Waals surface area (Å²) >= 11 is 0. The number of unbranched alkanes of at least 4 members (excludes halogenated alkanes) is 1. The van der Waals surface area contributed by atoms with E-state index in [0.717, 1.165) is 37.7 Å². The molecule has 0 aromatic carbocycles. The zero-order valence-corrected chi connectivity index (χ0v) is 14.5. The Morgan fingerprint density at radius 3 is 2.73 bits per heavy atom. The number of aromatic nitrogens is 1. The van der Waals surface area contributed by atoms with Gasteiger partial charge in [0.05, 0.1) is 12.2 Å². The third kappa shape index (κ3) is 7.98. The number of aliphatic imine (C=N–C) groups is 1. The average Bonchev–Trinajstić information content (AvgIpc) is 2.52. The van der Waals surface area contributed by atoms with Gasteiger partial charge in [0.1, 0.15) is 0 Å². The van der Waals surface area contributed by atoms with Crippen molar-refractivity contribution in [1.29, 1.82) is 0 Å². The molecule has 0 saturated carbocycles. The van der Waals surface area contributed by atoms with E-state index in [4.69, 9.17) is 0 Å². The second-order valence-electron chi connectivity index (χ2n) is 5.72. The van der Waals surface area contributed by atoms with Gasteiger partial charge in [-0.05, 0) is 59.3 Å². The van der Waals surface area contributed by atoms with Crippen molar-refractivity contribution in [1.82, 2.24) is 20.5 Å². The summed E-state index contributed by atoms with van der Waals surface area (Å²) in [4.78, 5) is 11.2. The molecule has 5 heteroatoms. The molecule has 0 aliphatic rings. The van der Waals surface area contributed by atoms with Crippen LogP contribution in [-0.2, 0) is 6.54 Å². The molecule has 0 aliphatic carbocycles. The molecule has 5 nitrogen and oxygen atoms in total. The van der Waals surface area contributed by atoms with E-state index in [1.165, 1.54) is 6.42 Å². The summed E-state index contributed by atoms with van der Waals surface area (Å²) in [6, 6.07) is 6.52. The molecule has 0 atom stereocenters. The van der Waals surface area contributed by atoms with Crippen LogP contribution in [0.3, 0.4) is 0 Å². The third-order valence-electron chi connectivity index (χ3n) is 3.58. The summed E-state index contributed by atoms with van der Waals surface area (Å²) in [6.45, 7) is 10.1. The smallest absolute Gasteiger partial charge is 0.191 e. The molecule has 0 bridgehead atoms. The van der Waals surface area contributed by atoms with Crippen LogP contribution in [-0.4, -0.2) is 48.6 Å². The van der Waals surface area contributed by atoms with Gasteiger partial charge in [-0.15, -0.1) is 0 Å². The van der Waals surface area contributed by atoms with Gasteiger partial charge in [-0.3, -0.25) is 4.98 Å². The molecule has 1 aromatic rings. The highest BCUT2D eigenvalue weighted by Crippen LogP contribution is 1.98. The molecule has 124 valence electrons. The molecule has 1 rings (SSSR count). The van der Waals surface area contributed by atoms with Crippen LogP contribution in [0.2, 0.25) is 0 Å². The maximum atomic E-state index is 4.57. The summed E-state index contributed by atoms with van der Waals surface area (Å²) in [5.41, 5.74) is 0.985. The molecule has 1 heterocycles. The molecule has 2 N–H and O–H groups in total. The molecule has 22 heavy (non-hydrogen) atoms. The van der Waals surface area contributed by atoms with E-state index in [9.17, 15) is 0 Å². The maximum absolute atomic E-state index is 4.57. The number of nitrogens with zero attached hydrogens (tertiary/aromatic N) is 3. The van der Waals surface area contributed by atoms with E-state index in [0.29, 0.717) is 12.6 Å². The first-order valence-electron chi connectivity index (χ1n) is 8.25. The highest BCUT2D eigenvalue weighted by atomic mass is 15.2. The molecule has 0 aliphatic heterocycles. The van der Waals surface area contributed by atoms with Crippen molar-refractivity contribution in [2.75, 3.05) is 26.7 Å². The van der Waals surface area contributed by atoms with Crippen LogP contribution in [0.25, 0.3) is 0 Å². The van der Waals surface area contributed by atoms with Gasteiger partial charge in [0.25, 0.3) is 0 Å². The summed E-state index contributed by atoms with van der Waals surface area (Å²) in [5.74, 6) is 0.866. The van der Waals surface area contributed by atoms with Gasteiger partial charge in [-0.25, -0.2) is 4.99 Å². The van der Waals surface area contributed by atoms with Crippen molar-refractivity contribution in [2.45, 2.75) is 46.2 Å². The summed E-state index contributed by atoms with van der Waals surface area (Å²) < 4.78 is 0. The molecular formula is C17H31N5. The Labute approximate surface area is 135 Å². The zero-order chi connectivity index (χ0) is 16.2. The van der Waals surface area contributed by atoms with Gasteiger partial charge in [0.15, 0.2) is 5.96 Å². The Kier molecular flexibility index (Phi) is 9.23. The van der Waals surface area contributed by atoms with Crippen LogP contribution in [0.15, 0.2) is 29.4 Å². The van der Waals surface area contributed by atoms with Crippen LogP contribution < -0.4 is 10.6 Å². The van der Waals surface area contributed by atoms with Crippen molar-refractivity contribution in [2.24, 2.45) is 4.99 Å². The molecule has 0 fully saturated rings. The zero-order valence-electron chi connectivity index (χ0n) is 14.5. The van der Waals surface area contributed by atoms with Crippen LogP contribution in [0, 0.1) is 0 Å². The molecule has 1 aromatic heterocycles. The molecular weight excluding hydrogens is 274 g/mol. The Morgan fingerprint density at radius 1 is 1.27 bits per heavy atom. The fraction of sp³-hybridized carbons (Fsp3) is 0.647. The summed E-state index contributed by atoms with van der Waals surface area (Å²) in [5, 5.41) is 6.66. The lowest BCUT2D eigenvalue weighted by atomic mass is 10.2. The Hall–Kier alpha value is -1.62. The van der Waals surface area contributed by atoms with E-state index < -0.39 is 0 Å². The van der Waals surface area contributed by atoms with Crippen molar-refractivity contribution >= 4 is 5.96 Å². The number of hydrogen-bond acceptors (Lipinski definition) is 3. The topological polar surface area (TPSA) is 52.6 Å². The monoisotopic (exact) mass is 305 g/mol. The maximum Gasteiger partial charge on any atom is 0.191 e. The van der Waals surface area contributed by atoms with Gasteiger partial charge in [0, 0.05) is 25.3 Å². The fourth-order valence-corrected chi connectivity index (χ4v) is 1.94.